The van der Waals surface area contributed by atoms with Crippen LogP contribution in [0.2, 0.25) is 0 Å². The van der Waals surface area contributed by atoms with Crippen molar-refractivity contribution in [2.24, 2.45) is 5.73 Å². The van der Waals surface area contributed by atoms with Gasteiger partial charge in [0.1, 0.15) is 5.58 Å². The van der Waals surface area contributed by atoms with Crippen LogP contribution in [0.15, 0.2) is 40.1 Å². The van der Waals surface area contributed by atoms with E-state index >= 15 is 0 Å². The lowest BCUT2D eigenvalue weighted by Crippen LogP contribution is -2.04. The number of hydrogen-bond acceptors (Lipinski definition) is 4. The van der Waals surface area contributed by atoms with Crippen LogP contribution in [0.5, 0.6) is 0 Å². The Bertz CT molecular complexity index is 621. The number of hydrogen-bond donors (Lipinski definition) is 1. The smallest absolute Gasteiger partial charge is 0.164 e. The maximum Gasteiger partial charge on any atom is 0.164 e. The highest BCUT2D eigenvalue weighted by molar-refractivity contribution is 7.13. The van der Waals surface area contributed by atoms with Crippen molar-refractivity contribution in [1.82, 2.24) is 4.98 Å². The van der Waals surface area contributed by atoms with Crippen molar-refractivity contribution in [3.63, 3.8) is 0 Å². The molecule has 0 amide bonds. The highest BCUT2D eigenvalue weighted by Crippen LogP contribution is 2.30. The van der Waals surface area contributed by atoms with Crippen molar-refractivity contribution in [3.8, 4) is 10.8 Å². The number of rotatable bonds is 2. The van der Waals surface area contributed by atoms with Gasteiger partial charge >= 0.3 is 0 Å². The summed E-state index contributed by atoms with van der Waals surface area (Å²) in [5, 5.41) is 3.96. The molecule has 1 aromatic carbocycles. The summed E-state index contributed by atoms with van der Waals surface area (Å²) >= 11 is 1.56. The van der Waals surface area contributed by atoms with E-state index in [0.717, 1.165) is 27.4 Å². The molecule has 0 aliphatic heterocycles. The first-order chi connectivity index (χ1) is 8.24. The number of nitrogens with two attached hydrogens (primary N) is 1. The van der Waals surface area contributed by atoms with Gasteiger partial charge in [-0.2, -0.15) is 0 Å². The zero-order valence-electron chi connectivity index (χ0n) is 9.38. The second-order valence-electron chi connectivity index (χ2n) is 4.01. The third kappa shape index (κ3) is 1.85. The lowest BCUT2D eigenvalue weighted by Gasteiger charge is -1.96. The van der Waals surface area contributed by atoms with Crippen LogP contribution in [-0.4, -0.2) is 4.98 Å². The Hall–Kier alpha value is -1.65. The molecule has 86 valence electrons. The van der Waals surface area contributed by atoms with Gasteiger partial charge in [0.2, 0.25) is 0 Å². The Labute approximate surface area is 103 Å². The minimum Gasteiger partial charge on any atom is -0.454 e. The molecular formula is C13H12N2OS. The van der Waals surface area contributed by atoms with Crippen LogP contribution in [0.4, 0.5) is 0 Å². The van der Waals surface area contributed by atoms with Gasteiger partial charge < -0.3 is 10.2 Å². The third-order valence-electron chi connectivity index (χ3n) is 2.62. The van der Waals surface area contributed by atoms with Crippen LogP contribution < -0.4 is 5.73 Å². The van der Waals surface area contributed by atoms with Gasteiger partial charge in [-0.25, -0.2) is 4.98 Å². The van der Waals surface area contributed by atoms with E-state index in [9.17, 15) is 0 Å². The molecule has 1 atom stereocenters. The molecule has 3 rings (SSSR count). The van der Waals surface area contributed by atoms with E-state index in [2.05, 4.69) is 4.98 Å². The van der Waals surface area contributed by atoms with Gasteiger partial charge in [0.25, 0.3) is 0 Å². The van der Waals surface area contributed by atoms with Crippen LogP contribution >= 0.6 is 11.3 Å². The van der Waals surface area contributed by atoms with Gasteiger partial charge in [-0.15, -0.1) is 11.3 Å². The molecule has 2 aromatic heterocycles. The highest BCUT2D eigenvalue weighted by Gasteiger charge is 2.11. The monoisotopic (exact) mass is 244 g/mol. The molecule has 0 spiro atoms. The summed E-state index contributed by atoms with van der Waals surface area (Å²) in [6.07, 6.45) is 0. The zero-order chi connectivity index (χ0) is 11.8. The van der Waals surface area contributed by atoms with E-state index in [1.807, 2.05) is 42.6 Å². The van der Waals surface area contributed by atoms with E-state index in [1.165, 1.54) is 0 Å². The number of thiazole rings is 1. The molecule has 0 saturated heterocycles. The first kappa shape index (κ1) is 10.5. The lowest BCUT2D eigenvalue weighted by atomic mass is 10.2. The van der Waals surface area contributed by atoms with E-state index in [4.69, 9.17) is 10.2 Å². The summed E-state index contributed by atoms with van der Waals surface area (Å²) < 4.78 is 5.75. The molecule has 0 radical (unpaired) electrons. The molecule has 2 heterocycles. The van der Waals surface area contributed by atoms with E-state index in [0.29, 0.717) is 0 Å². The Morgan fingerprint density at radius 3 is 2.88 bits per heavy atom. The Kier molecular flexibility index (Phi) is 2.46. The summed E-state index contributed by atoms with van der Waals surface area (Å²) in [5.41, 5.74) is 7.59. The Morgan fingerprint density at radius 1 is 1.35 bits per heavy atom. The summed E-state index contributed by atoms with van der Waals surface area (Å²) in [6, 6.07) is 9.92. The molecule has 4 heteroatoms. The summed E-state index contributed by atoms with van der Waals surface area (Å²) in [6.45, 7) is 1.93. The number of para-hydroxylation sites is 1. The first-order valence-corrected chi connectivity index (χ1v) is 6.32. The summed E-state index contributed by atoms with van der Waals surface area (Å²) in [7, 11) is 0. The fourth-order valence-corrected chi connectivity index (χ4v) is 2.57. The summed E-state index contributed by atoms with van der Waals surface area (Å²) in [5.74, 6) is 0.808. The maximum atomic E-state index is 5.79. The van der Waals surface area contributed by atoms with Crippen molar-refractivity contribution in [3.05, 3.63) is 41.4 Å². The van der Waals surface area contributed by atoms with Crippen LogP contribution in [0.1, 0.15) is 18.7 Å². The van der Waals surface area contributed by atoms with Crippen molar-refractivity contribution in [1.29, 1.82) is 0 Å². The quantitative estimate of drug-likeness (QED) is 0.749. The maximum absolute atomic E-state index is 5.79. The van der Waals surface area contributed by atoms with Gasteiger partial charge in [0.05, 0.1) is 5.69 Å². The molecule has 0 fully saturated rings. The van der Waals surface area contributed by atoms with Crippen LogP contribution in [0.3, 0.4) is 0 Å². The van der Waals surface area contributed by atoms with Crippen molar-refractivity contribution in [2.45, 2.75) is 13.0 Å². The second-order valence-corrected chi connectivity index (χ2v) is 4.87. The van der Waals surface area contributed by atoms with Gasteiger partial charge in [0.15, 0.2) is 10.8 Å². The van der Waals surface area contributed by atoms with Gasteiger partial charge in [-0.05, 0) is 19.1 Å². The van der Waals surface area contributed by atoms with Gasteiger partial charge in [0, 0.05) is 16.8 Å². The number of fused-ring (bicyclic) bond motifs is 1. The minimum atomic E-state index is -0.0376. The first-order valence-electron chi connectivity index (χ1n) is 5.44. The Balaban J connectivity index is 2.07. The zero-order valence-corrected chi connectivity index (χ0v) is 10.2. The molecule has 1 unspecified atom stereocenters. The Morgan fingerprint density at radius 2 is 2.18 bits per heavy atom. The fraction of sp³-hybridized carbons (Fsp3) is 0.154. The molecular weight excluding hydrogens is 232 g/mol. The van der Waals surface area contributed by atoms with E-state index in [1.54, 1.807) is 11.3 Å². The predicted octanol–water partition coefficient (Wildman–Crippen LogP) is 3.58. The normalized spacial score (nSPS) is 13.1. The third-order valence-corrected chi connectivity index (χ3v) is 3.50. The molecule has 3 aromatic rings. The minimum absolute atomic E-state index is 0.0376. The number of furan rings is 1. The highest BCUT2D eigenvalue weighted by atomic mass is 32.1. The van der Waals surface area contributed by atoms with Crippen molar-refractivity contribution < 1.29 is 4.42 Å². The van der Waals surface area contributed by atoms with Crippen molar-refractivity contribution in [2.75, 3.05) is 0 Å². The van der Waals surface area contributed by atoms with Gasteiger partial charge in [-0.1, -0.05) is 18.2 Å². The molecule has 0 bridgehead atoms. The number of nitrogens with zero attached hydrogens (tertiary/aromatic N) is 1. The number of aromatic nitrogens is 1. The van der Waals surface area contributed by atoms with Crippen molar-refractivity contribution >= 4 is 22.3 Å². The van der Waals surface area contributed by atoms with E-state index in [-0.39, 0.29) is 6.04 Å². The number of benzene rings is 1. The SMILES string of the molecule is CC(N)c1csc(-c2cc3ccccc3o2)n1. The van der Waals surface area contributed by atoms with Gasteiger partial charge in [-0.3, -0.25) is 0 Å². The molecule has 0 saturated carbocycles. The molecule has 0 aliphatic rings. The van der Waals surface area contributed by atoms with Crippen LogP contribution in [-0.2, 0) is 0 Å². The van der Waals surface area contributed by atoms with Crippen LogP contribution in [0.25, 0.3) is 21.7 Å². The molecule has 17 heavy (non-hydrogen) atoms. The van der Waals surface area contributed by atoms with Crippen LogP contribution in [0, 0.1) is 0 Å². The molecule has 3 nitrogen and oxygen atoms in total. The average Bonchev–Trinajstić information content (AvgIpc) is 2.95. The predicted molar refractivity (Wildman–Crippen MR) is 69.9 cm³/mol. The topological polar surface area (TPSA) is 52.0 Å². The average molecular weight is 244 g/mol. The largest absolute Gasteiger partial charge is 0.454 e. The lowest BCUT2D eigenvalue weighted by molar-refractivity contribution is 0.630. The fourth-order valence-electron chi connectivity index (χ4n) is 1.70. The molecule has 2 N–H and O–H groups in total. The molecule has 0 aliphatic carbocycles. The summed E-state index contributed by atoms with van der Waals surface area (Å²) in [4.78, 5) is 4.48. The van der Waals surface area contributed by atoms with E-state index < -0.39 is 0 Å². The second kappa shape index (κ2) is 3.98. The standard InChI is InChI=1S/C13H12N2OS/c1-8(14)10-7-17-13(15-10)12-6-9-4-2-3-5-11(9)16-12/h2-8H,14H2,1H3.